The molecule has 1 aromatic rings. The molecular weight excluding hydrogens is 523 g/mol. The lowest BCUT2D eigenvalue weighted by molar-refractivity contribution is -0.234. The van der Waals surface area contributed by atoms with E-state index in [0.29, 0.717) is 11.6 Å². The molecule has 1 amide bonds. The lowest BCUT2D eigenvalue weighted by Crippen LogP contribution is -2.53. The Morgan fingerprint density at radius 1 is 1.17 bits per heavy atom. The van der Waals surface area contributed by atoms with Crippen LogP contribution >= 0.6 is 36.9 Å². The summed E-state index contributed by atoms with van der Waals surface area (Å²) in [4.78, 5) is 18.0. The highest BCUT2D eigenvalue weighted by Crippen LogP contribution is 2.19. The number of hydrogen-bond donors (Lipinski definition) is 4. The van der Waals surface area contributed by atoms with E-state index >= 15 is 0 Å². The largest absolute Gasteiger partial charge is 0.390 e. The van der Waals surface area contributed by atoms with Crippen LogP contribution in [-0.4, -0.2) is 53.6 Å². The molecule has 0 bridgehead atoms. The summed E-state index contributed by atoms with van der Waals surface area (Å²) in [6.45, 7) is 4.40. The van der Waals surface area contributed by atoms with Gasteiger partial charge in [0.15, 0.2) is 0 Å². The molecule has 0 aliphatic heterocycles. The molecule has 1 aliphatic rings. The number of nitrogens with two attached hydrogens (primary N) is 1. The van der Waals surface area contributed by atoms with E-state index in [0.717, 1.165) is 56.6 Å². The average Bonchev–Trinajstić information content (AvgIpc) is 3.58. The number of carbonyl (C=O) groups is 1. The Morgan fingerprint density at radius 3 is 2.31 bits per heavy atom. The maximum Gasteiger partial charge on any atom is 0.238 e. The van der Waals surface area contributed by atoms with Crippen LogP contribution in [0.1, 0.15) is 57.9 Å². The summed E-state index contributed by atoms with van der Waals surface area (Å²) in [5.41, 5.74) is 6.32. The van der Waals surface area contributed by atoms with E-state index in [1.165, 1.54) is 12.1 Å². The predicted octanol–water partition coefficient (Wildman–Crippen LogP) is 3.84. The van der Waals surface area contributed by atoms with Crippen LogP contribution in [0.3, 0.4) is 0 Å². The van der Waals surface area contributed by atoms with Crippen LogP contribution < -0.4 is 16.4 Å². The maximum atomic E-state index is 13.6. The molecule has 1 aromatic carbocycles. The van der Waals surface area contributed by atoms with Gasteiger partial charge in [-0.2, -0.15) is 4.33 Å². The predicted molar refractivity (Wildman–Crippen MR) is 140 cm³/mol. The number of nitrogens with one attached hydrogen (secondary N) is 2. The minimum absolute atomic E-state index is 0. The minimum atomic E-state index is -0.954. The van der Waals surface area contributed by atoms with E-state index in [4.69, 9.17) is 15.0 Å². The zero-order chi connectivity index (χ0) is 24.2. The van der Waals surface area contributed by atoms with Crippen LogP contribution in [0.25, 0.3) is 0 Å². The number of hydrogen-bond acceptors (Lipinski definition) is 7. The van der Waals surface area contributed by atoms with Crippen LogP contribution in [0.15, 0.2) is 18.2 Å². The van der Waals surface area contributed by atoms with E-state index in [1.807, 2.05) is 0 Å². The monoisotopic (exact) mass is 561 g/mol. The van der Waals surface area contributed by atoms with Gasteiger partial charge in [-0.05, 0) is 49.8 Å². The highest BCUT2D eigenvalue weighted by molar-refractivity contribution is 7.94. The Labute approximate surface area is 223 Å². The number of aliphatic hydroxyl groups excluding tert-OH is 1. The van der Waals surface area contributed by atoms with Crippen LogP contribution in [0, 0.1) is 11.6 Å². The van der Waals surface area contributed by atoms with Crippen molar-refractivity contribution in [3.05, 3.63) is 35.4 Å². The number of amides is 1. The summed E-state index contributed by atoms with van der Waals surface area (Å²) in [5, 5.41) is 16.6. The van der Waals surface area contributed by atoms with Crippen molar-refractivity contribution in [2.75, 3.05) is 12.3 Å². The average molecular weight is 563 g/mol. The van der Waals surface area contributed by atoms with Crippen LogP contribution in [0.5, 0.6) is 0 Å². The van der Waals surface area contributed by atoms with Crippen molar-refractivity contribution in [2.24, 2.45) is 5.73 Å². The molecule has 12 heteroatoms. The first kappa shape index (κ1) is 34.3. The summed E-state index contributed by atoms with van der Waals surface area (Å²) < 4.78 is 32.4. The van der Waals surface area contributed by atoms with Crippen LogP contribution in [0.2, 0.25) is 0 Å². The lowest BCUT2D eigenvalue weighted by Gasteiger charge is -2.26. The topological polar surface area (TPSA) is 106 Å². The van der Waals surface area contributed by atoms with Gasteiger partial charge in [-0.15, -0.1) is 24.8 Å². The highest BCUT2D eigenvalue weighted by atomic mass is 35.5. The molecule has 0 aromatic heterocycles. The second-order valence-electron chi connectivity index (χ2n) is 8.60. The van der Waals surface area contributed by atoms with Gasteiger partial charge in [0, 0.05) is 36.4 Å². The Balaban J connectivity index is 0.00000578. The second-order valence-corrected chi connectivity index (χ2v) is 9.31. The molecule has 1 saturated carbocycles. The number of aliphatic hydroxyl groups is 1. The quantitative estimate of drug-likeness (QED) is 0.0990. The Kier molecular flexibility index (Phi) is 18.1. The summed E-state index contributed by atoms with van der Waals surface area (Å²) >= 11 is 0.953. The van der Waals surface area contributed by atoms with Gasteiger partial charge in [-0.1, -0.05) is 26.7 Å². The smallest absolute Gasteiger partial charge is 0.238 e. The van der Waals surface area contributed by atoms with Gasteiger partial charge in [0.05, 0.1) is 24.3 Å². The molecule has 1 aliphatic carbocycles. The van der Waals surface area contributed by atoms with Crippen molar-refractivity contribution < 1.29 is 27.9 Å². The third kappa shape index (κ3) is 14.0. The Morgan fingerprint density at radius 2 is 1.77 bits per heavy atom. The van der Waals surface area contributed by atoms with Gasteiger partial charge in [-0.3, -0.25) is 4.79 Å². The molecule has 5 N–H and O–H groups in total. The summed E-state index contributed by atoms with van der Waals surface area (Å²) in [5.74, 6) is -1.77. The summed E-state index contributed by atoms with van der Waals surface area (Å²) in [6, 6.07) is 1.84. The number of halogens is 4. The molecule has 7 nitrogen and oxygen atoms in total. The van der Waals surface area contributed by atoms with Crippen molar-refractivity contribution in [2.45, 2.75) is 89.1 Å². The molecule has 0 saturated heterocycles. The van der Waals surface area contributed by atoms with Gasteiger partial charge < -0.3 is 21.5 Å². The normalized spacial score (nSPS) is 15.6. The molecular formula is C23H39Cl2F2N3O4S. The fraction of sp³-hybridized carbons (Fsp3) is 0.696. The first-order valence-electron chi connectivity index (χ1n) is 11.7. The molecule has 204 valence electrons. The van der Waals surface area contributed by atoms with E-state index < -0.39 is 35.7 Å². The van der Waals surface area contributed by atoms with Crippen molar-refractivity contribution in [1.29, 1.82) is 0 Å². The number of rotatable bonds is 17. The van der Waals surface area contributed by atoms with Gasteiger partial charge >= 0.3 is 0 Å². The van der Waals surface area contributed by atoms with Crippen molar-refractivity contribution in [3.8, 4) is 0 Å². The molecule has 2 rings (SSSR count). The minimum Gasteiger partial charge on any atom is -0.390 e. The second kappa shape index (κ2) is 18.5. The van der Waals surface area contributed by atoms with Crippen molar-refractivity contribution in [3.63, 3.8) is 0 Å². The fourth-order valence-corrected chi connectivity index (χ4v) is 3.94. The van der Waals surface area contributed by atoms with Crippen LogP contribution in [-0.2, 0) is 20.4 Å². The molecule has 35 heavy (non-hydrogen) atoms. The van der Waals surface area contributed by atoms with Gasteiger partial charge in [-0.25, -0.2) is 13.7 Å². The summed E-state index contributed by atoms with van der Waals surface area (Å²) in [7, 11) is 0. The third-order valence-corrected chi connectivity index (χ3v) is 6.06. The molecule has 0 radical (unpaired) electrons. The third-order valence-electron chi connectivity index (χ3n) is 5.39. The fourth-order valence-electron chi connectivity index (χ4n) is 3.42. The lowest BCUT2D eigenvalue weighted by atomic mass is 10.00. The molecule has 1 fully saturated rings. The number of carbonyl (C=O) groups excluding carboxylic acids is 1. The molecule has 0 spiro atoms. The first-order valence-corrected chi connectivity index (χ1v) is 12.6. The standard InChI is InChI=1S/C23H37F2N3O4S.2ClH/c1-3-5-19(6-4-2)31-32-33-14-20(26)23(30)28-21(22(29)13-27-18-7-8-18)11-15-9-16(24)12-17(25)10-15;;/h9-10,12,18-22,27,29H,3-8,11,13-14,26H2,1-2H3,(H,28,30);2*1H/t20-,21+,22-;;/m1../s1. The van der Waals surface area contributed by atoms with E-state index in [1.54, 1.807) is 0 Å². The van der Waals surface area contributed by atoms with Crippen molar-refractivity contribution in [1.82, 2.24) is 10.6 Å². The SMILES string of the molecule is CCCC(CCC)OOSC[C@@H](N)C(=O)N[C@@H](Cc1cc(F)cc(F)c1)[C@H](O)CNC1CC1.Cl.Cl. The highest BCUT2D eigenvalue weighted by Gasteiger charge is 2.28. The first-order chi connectivity index (χ1) is 15.8. The number of benzene rings is 1. The van der Waals surface area contributed by atoms with E-state index in [-0.39, 0.29) is 49.6 Å². The summed E-state index contributed by atoms with van der Waals surface area (Å²) in [6.07, 6.45) is 4.92. The van der Waals surface area contributed by atoms with Crippen molar-refractivity contribution >= 4 is 42.8 Å². The Hall–Kier alpha value is -0.720. The molecule has 0 heterocycles. The van der Waals surface area contributed by atoms with Gasteiger partial charge in [0.2, 0.25) is 5.91 Å². The van der Waals surface area contributed by atoms with E-state index in [2.05, 4.69) is 24.5 Å². The van der Waals surface area contributed by atoms with Gasteiger partial charge in [0.25, 0.3) is 0 Å². The zero-order valence-electron chi connectivity index (χ0n) is 20.2. The zero-order valence-corrected chi connectivity index (χ0v) is 22.7. The van der Waals surface area contributed by atoms with Crippen LogP contribution in [0.4, 0.5) is 8.78 Å². The van der Waals surface area contributed by atoms with Gasteiger partial charge in [0.1, 0.15) is 11.6 Å². The molecule has 3 atom stereocenters. The van der Waals surface area contributed by atoms with E-state index in [9.17, 15) is 18.7 Å². The molecule has 0 unspecified atom stereocenters. The maximum absolute atomic E-state index is 13.6. The Bertz CT molecular complexity index is 712.